The molecule has 1 heterocycles. The summed E-state index contributed by atoms with van der Waals surface area (Å²) in [5.74, 6) is -0.230. The number of nitrogens with two attached hydrogens (primary N) is 1. The van der Waals surface area contributed by atoms with Crippen molar-refractivity contribution in [1.82, 2.24) is 5.32 Å². The molecule has 0 radical (unpaired) electrons. The van der Waals surface area contributed by atoms with Crippen molar-refractivity contribution < 1.29 is 9.59 Å². The predicted octanol–water partition coefficient (Wildman–Crippen LogP) is 1.21. The zero-order chi connectivity index (χ0) is 14.4. The maximum absolute atomic E-state index is 11.9. The number of thioether (sulfide) groups is 1. The normalized spacial score (nSPS) is 15.8. The lowest BCUT2D eigenvalue weighted by Crippen LogP contribution is -2.30. The topological polar surface area (TPSA) is 84.2 Å². The van der Waals surface area contributed by atoms with Crippen molar-refractivity contribution in [1.29, 1.82) is 0 Å². The van der Waals surface area contributed by atoms with Gasteiger partial charge >= 0.3 is 0 Å². The van der Waals surface area contributed by atoms with Crippen molar-refractivity contribution >= 4 is 29.3 Å². The molecule has 0 aromatic heterocycles. The fraction of sp³-hybridized carbons (Fsp3) is 0.429. The number of nitrogens with one attached hydrogen (secondary N) is 2. The lowest BCUT2D eigenvalue weighted by atomic mass is 10.1. The molecule has 1 fully saturated rings. The second-order valence-electron chi connectivity index (χ2n) is 4.72. The number of hydrogen-bond acceptors (Lipinski definition) is 4. The largest absolute Gasteiger partial charge is 0.366 e. The van der Waals surface area contributed by atoms with Crippen LogP contribution in [0.1, 0.15) is 23.2 Å². The molecule has 4 N–H and O–H groups in total. The van der Waals surface area contributed by atoms with Crippen molar-refractivity contribution in [2.75, 3.05) is 24.2 Å². The van der Waals surface area contributed by atoms with E-state index in [-0.39, 0.29) is 5.91 Å². The Balaban J connectivity index is 1.86. The molecule has 1 aromatic rings. The van der Waals surface area contributed by atoms with Gasteiger partial charge in [-0.15, -0.1) is 11.8 Å². The van der Waals surface area contributed by atoms with Gasteiger partial charge in [0.1, 0.15) is 0 Å². The molecule has 6 heteroatoms. The lowest BCUT2D eigenvalue weighted by molar-refractivity contribution is -0.113. The molecule has 1 aliphatic rings. The molecule has 0 bridgehead atoms. The van der Waals surface area contributed by atoms with Crippen molar-refractivity contribution in [3.05, 3.63) is 29.8 Å². The highest BCUT2D eigenvalue weighted by molar-refractivity contribution is 8.00. The van der Waals surface area contributed by atoms with Crippen LogP contribution in [0.15, 0.2) is 24.3 Å². The Hall–Kier alpha value is -1.53. The molecule has 0 aliphatic carbocycles. The SMILES string of the molecule is NC(=O)c1ccccc1NC(=O)CSC1CCNCC1. The first-order valence-electron chi connectivity index (χ1n) is 6.68. The van der Waals surface area contributed by atoms with E-state index in [0.717, 1.165) is 25.9 Å². The Morgan fingerprint density at radius 3 is 2.70 bits per heavy atom. The maximum Gasteiger partial charge on any atom is 0.250 e. The smallest absolute Gasteiger partial charge is 0.250 e. The van der Waals surface area contributed by atoms with Crippen LogP contribution in [0.3, 0.4) is 0 Å². The first-order valence-corrected chi connectivity index (χ1v) is 7.72. The second-order valence-corrected chi connectivity index (χ2v) is 6.01. The van der Waals surface area contributed by atoms with E-state index in [1.807, 2.05) is 0 Å². The van der Waals surface area contributed by atoms with Gasteiger partial charge in [-0.3, -0.25) is 9.59 Å². The van der Waals surface area contributed by atoms with E-state index in [0.29, 0.717) is 22.3 Å². The number of primary amides is 1. The van der Waals surface area contributed by atoms with E-state index in [2.05, 4.69) is 10.6 Å². The standard InChI is InChI=1S/C14H19N3O2S/c15-14(19)11-3-1-2-4-12(11)17-13(18)9-20-10-5-7-16-8-6-10/h1-4,10,16H,5-9H2,(H2,15,19)(H,17,18). The summed E-state index contributed by atoms with van der Waals surface area (Å²) < 4.78 is 0. The van der Waals surface area contributed by atoms with E-state index in [1.54, 1.807) is 36.0 Å². The van der Waals surface area contributed by atoms with Crippen LogP contribution < -0.4 is 16.4 Å². The van der Waals surface area contributed by atoms with Crippen LogP contribution >= 0.6 is 11.8 Å². The van der Waals surface area contributed by atoms with Crippen LogP contribution in [0.2, 0.25) is 0 Å². The number of rotatable bonds is 5. The molecule has 1 saturated heterocycles. The van der Waals surface area contributed by atoms with Crippen molar-refractivity contribution in [3.8, 4) is 0 Å². The van der Waals surface area contributed by atoms with Gasteiger partial charge in [0.2, 0.25) is 5.91 Å². The Bertz CT molecular complexity index is 487. The number of anilines is 1. The molecular formula is C14H19N3O2S. The molecule has 0 spiro atoms. The molecule has 2 rings (SSSR count). The number of amides is 2. The average Bonchev–Trinajstić information content (AvgIpc) is 2.46. The van der Waals surface area contributed by atoms with Gasteiger partial charge in [0, 0.05) is 5.25 Å². The summed E-state index contributed by atoms with van der Waals surface area (Å²) in [7, 11) is 0. The molecule has 2 amide bonds. The molecule has 1 aliphatic heterocycles. The highest BCUT2D eigenvalue weighted by Crippen LogP contribution is 2.21. The summed E-state index contributed by atoms with van der Waals surface area (Å²) in [5.41, 5.74) is 6.10. The fourth-order valence-electron chi connectivity index (χ4n) is 2.15. The number of carbonyl (C=O) groups is 2. The van der Waals surface area contributed by atoms with Crippen LogP contribution in [0, 0.1) is 0 Å². The summed E-state index contributed by atoms with van der Waals surface area (Å²) in [6.45, 7) is 2.04. The lowest BCUT2D eigenvalue weighted by Gasteiger charge is -2.21. The van der Waals surface area contributed by atoms with Crippen molar-refractivity contribution in [2.24, 2.45) is 5.73 Å². The molecule has 5 nitrogen and oxygen atoms in total. The van der Waals surface area contributed by atoms with E-state index in [1.165, 1.54) is 0 Å². The van der Waals surface area contributed by atoms with Gasteiger partial charge in [-0.1, -0.05) is 12.1 Å². The number of para-hydroxylation sites is 1. The highest BCUT2D eigenvalue weighted by atomic mass is 32.2. The molecule has 0 atom stereocenters. The van der Waals surface area contributed by atoms with E-state index >= 15 is 0 Å². The highest BCUT2D eigenvalue weighted by Gasteiger charge is 2.16. The monoisotopic (exact) mass is 293 g/mol. The van der Waals surface area contributed by atoms with Gasteiger partial charge in [0.15, 0.2) is 0 Å². The van der Waals surface area contributed by atoms with Gasteiger partial charge < -0.3 is 16.4 Å². The zero-order valence-corrected chi connectivity index (χ0v) is 12.0. The summed E-state index contributed by atoms with van der Waals surface area (Å²) in [6, 6.07) is 6.78. The van der Waals surface area contributed by atoms with E-state index in [9.17, 15) is 9.59 Å². The molecule has 1 aromatic carbocycles. The van der Waals surface area contributed by atoms with Crippen LogP contribution in [-0.2, 0) is 4.79 Å². The Morgan fingerprint density at radius 2 is 2.00 bits per heavy atom. The number of carbonyl (C=O) groups excluding carboxylic acids is 2. The molecule has 108 valence electrons. The fourth-order valence-corrected chi connectivity index (χ4v) is 3.18. The minimum absolute atomic E-state index is 0.0952. The molecule has 20 heavy (non-hydrogen) atoms. The number of piperidine rings is 1. The maximum atomic E-state index is 11.9. The minimum Gasteiger partial charge on any atom is -0.366 e. The molecule has 0 unspecified atom stereocenters. The summed E-state index contributed by atoms with van der Waals surface area (Å²) in [6.07, 6.45) is 2.19. The zero-order valence-electron chi connectivity index (χ0n) is 11.2. The Morgan fingerprint density at radius 1 is 1.30 bits per heavy atom. The summed E-state index contributed by atoms with van der Waals surface area (Å²) >= 11 is 1.67. The third-order valence-corrected chi connectivity index (χ3v) is 4.57. The molecular weight excluding hydrogens is 274 g/mol. The van der Waals surface area contributed by atoms with Gasteiger partial charge in [0.05, 0.1) is 17.0 Å². The predicted molar refractivity (Wildman–Crippen MR) is 81.9 cm³/mol. The van der Waals surface area contributed by atoms with E-state index < -0.39 is 5.91 Å². The summed E-state index contributed by atoms with van der Waals surface area (Å²) in [4.78, 5) is 23.2. The number of hydrogen-bond donors (Lipinski definition) is 3. The second kappa shape index (κ2) is 7.31. The first-order chi connectivity index (χ1) is 9.66. The first kappa shape index (κ1) is 14.9. The Labute approximate surface area is 122 Å². The van der Waals surface area contributed by atoms with Gasteiger partial charge in [-0.2, -0.15) is 0 Å². The van der Waals surface area contributed by atoms with Crippen LogP contribution in [0.25, 0.3) is 0 Å². The third-order valence-electron chi connectivity index (χ3n) is 3.20. The van der Waals surface area contributed by atoms with E-state index in [4.69, 9.17) is 5.73 Å². The van der Waals surface area contributed by atoms with Crippen LogP contribution in [0.5, 0.6) is 0 Å². The average molecular weight is 293 g/mol. The van der Waals surface area contributed by atoms with Gasteiger partial charge in [-0.05, 0) is 38.1 Å². The third kappa shape index (κ3) is 4.25. The quantitative estimate of drug-likeness (QED) is 0.762. The van der Waals surface area contributed by atoms with Gasteiger partial charge in [-0.25, -0.2) is 0 Å². The van der Waals surface area contributed by atoms with Crippen molar-refractivity contribution in [2.45, 2.75) is 18.1 Å². The van der Waals surface area contributed by atoms with Crippen molar-refractivity contribution in [3.63, 3.8) is 0 Å². The summed E-state index contributed by atoms with van der Waals surface area (Å²) in [5, 5.41) is 6.59. The van der Waals surface area contributed by atoms with Gasteiger partial charge in [0.25, 0.3) is 5.91 Å². The number of benzene rings is 1. The van der Waals surface area contributed by atoms with Crippen LogP contribution in [-0.4, -0.2) is 35.9 Å². The molecule has 0 saturated carbocycles. The Kier molecular flexibility index (Phi) is 5.43. The van der Waals surface area contributed by atoms with Crippen LogP contribution in [0.4, 0.5) is 5.69 Å². The minimum atomic E-state index is -0.535.